The van der Waals surface area contributed by atoms with Crippen LogP contribution in [0.4, 0.5) is 0 Å². The smallest absolute Gasteiger partial charge is 0.265 e. The molecule has 0 aliphatic heterocycles. The lowest BCUT2D eigenvalue weighted by Crippen LogP contribution is -2.32. The van der Waals surface area contributed by atoms with Crippen molar-refractivity contribution in [3.05, 3.63) is 23.8 Å². The molecule has 0 aliphatic carbocycles. The van der Waals surface area contributed by atoms with Crippen molar-refractivity contribution in [3.63, 3.8) is 0 Å². The zero-order valence-corrected chi connectivity index (χ0v) is 14.1. The number of hydrogen-bond donors (Lipinski definition) is 1. The summed E-state index contributed by atoms with van der Waals surface area (Å²) in [6.45, 7) is 1.95. The molecule has 1 aromatic rings. The van der Waals surface area contributed by atoms with Crippen LogP contribution in [0.3, 0.4) is 0 Å². The first kappa shape index (κ1) is 17.9. The molecule has 0 spiro atoms. The zero-order chi connectivity index (χ0) is 16.2. The van der Waals surface area contributed by atoms with E-state index in [9.17, 15) is 17.4 Å². The normalized spacial score (nSPS) is 14.3. The van der Waals surface area contributed by atoms with Gasteiger partial charge < -0.3 is 10.1 Å². The summed E-state index contributed by atoms with van der Waals surface area (Å²) in [5, 5.41) is 2.38. The van der Waals surface area contributed by atoms with E-state index < -0.39 is 25.8 Å². The number of carbonyl (C=O) groups is 1. The van der Waals surface area contributed by atoms with E-state index in [1.807, 2.05) is 0 Å². The van der Waals surface area contributed by atoms with E-state index in [2.05, 4.69) is 5.32 Å². The van der Waals surface area contributed by atoms with Gasteiger partial charge in [0.25, 0.3) is 15.0 Å². The monoisotopic (exact) mass is 353 g/mol. The molecule has 0 bridgehead atoms. The van der Waals surface area contributed by atoms with Gasteiger partial charge in [0.05, 0.1) is 7.11 Å². The van der Waals surface area contributed by atoms with Crippen molar-refractivity contribution in [3.8, 4) is 5.75 Å². The van der Waals surface area contributed by atoms with Gasteiger partial charge in [0.15, 0.2) is 0 Å². The highest BCUT2D eigenvalue weighted by molar-refractivity contribution is 8.13. The van der Waals surface area contributed by atoms with Crippen LogP contribution in [0, 0.1) is 0 Å². The van der Waals surface area contributed by atoms with Gasteiger partial charge in [0, 0.05) is 45.1 Å². The summed E-state index contributed by atoms with van der Waals surface area (Å²) < 4.78 is 39.0. The van der Waals surface area contributed by atoms with Crippen LogP contribution >= 0.6 is 10.7 Å². The summed E-state index contributed by atoms with van der Waals surface area (Å²) in [5.74, 6) is -0.416. The first-order valence-electron chi connectivity index (χ1n) is 5.90. The molecule has 0 saturated carbocycles. The summed E-state index contributed by atoms with van der Waals surface area (Å²) in [5.41, 5.74) is 0.129. The Bertz CT molecular complexity index is 660. The Hall–Kier alpha value is -1.12. The third-order valence-electron chi connectivity index (χ3n) is 2.81. The first-order chi connectivity index (χ1) is 9.66. The van der Waals surface area contributed by atoms with Crippen molar-refractivity contribution >= 4 is 36.4 Å². The number of amides is 1. The maximum Gasteiger partial charge on any atom is 0.265 e. The molecule has 1 amide bonds. The van der Waals surface area contributed by atoms with Crippen molar-refractivity contribution in [2.75, 3.05) is 19.9 Å². The highest BCUT2D eigenvalue weighted by Gasteiger charge is 2.19. The van der Waals surface area contributed by atoms with E-state index in [0.29, 0.717) is 0 Å². The van der Waals surface area contributed by atoms with Crippen LogP contribution in [0.5, 0.6) is 5.75 Å². The summed E-state index contributed by atoms with van der Waals surface area (Å²) in [6, 6.07) is 3.92. The lowest BCUT2D eigenvalue weighted by atomic mass is 10.2. The number of halogens is 1. The average Bonchev–Trinajstić information content (AvgIpc) is 2.42. The molecular weight excluding hydrogens is 338 g/mol. The second kappa shape index (κ2) is 7.24. The molecule has 1 aromatic carbocycles. The van der Waals surface area contributed by atoms with Gasteiger partial charge in [0.1, 0.15) is 10.6 Å². The largest absolute Gasteiger partial charge is 0.495 e. The van der Waals surface area contributed by atoms with E-state index in [1.54, 1.807) is 13.2 Å². The molecule has 9 heteroatoms. The van der Waals surface area contributed by atoms with Crippen molar-refractivity contribution in [2.45, 2.75) is 17.1 Å². The van der Waals surface area contributed by atoms with E-state index in [4.69, 9.17) is 15.4 Å². The fraction of sp³-hybridized carbons (Fsp3) is 0.417. The highest BCUT2D eigenvalue weighted by Crippen LogP contribution is 2.27. The maximum atomic E-state index is 12.0. The number of carbonyl (C=O) groups excluding carboxylic acids is 1. The van der Waals surface area contributed by atoms with Gasteiger partial charge in [-0.1, -0.05) is 0 Å². The Morgan fingerprint density at radius 1 is 1.48 bits per heavy atom. The quantitative estimate of drug-likeness (QED) is 0.774. The molecule has 0 heterocycles. The molecule has 1 rings (SSSR count). The SMILES string of the molecule is COc1ccc(C(=O)NCC(C)S(C)=O)cc1S(=O)(=O)Cl. The van der Waals surface area contributed by atoms with Crippen LogP contribution in [-0.4, -0.2) is 43.7 Å². The second-order valence-electron chi connectivity index (χ2n) is 4.32. The fourth-order valence-corrected chi connectivity index (χ4v) is 2.80. The number of methoxy groups -OCH3 is 1. The Labute approximate surface area is 130 Å². The summed E-state index contributed by atoms with van der Waals surface area (Å²) in [6.07, 6.45) is 1.54. The molecule has 118 valence electrons. The van der Waals surface area contributed by atoms with Gasteiger partial charge in [-0.2, -0.15) is 0 Å². The highest BCUT2D eigenvalue weighted by atomic mass is 35.7. The third kappa shape index (κ3) is 4.98. The van der Waals surface area contributed by atoms with E-state index in [0.717, 1.165) is 6.07 Å². The van der Waals surface area contributed by atoms with Crippen molar-refractivity contribution in [1.82, 2.24) is 5.32 Å². The van der Waals surface area contributed by atoms with Crippen molar-refractivity contribution < 1.29 is 22.2 Å². The molecule has 0 fully saturated rings. The van der Waals surface area contributed by atoms with E-state index in [-0.39, 0.29) is 28.0 Å². The van der Waals surface area contributed by atoms with Gasteiger partial charge in [-0.15, -0.1) is 0 Å². The van der Waals surface area contributed by atoms with Gasteiger partial charge in [-0.3, -0.25) is 9.00 Å². The number of hydrogen-bond acceptors (Lipinski definition) is 5. The third-order valence-corrected chi connectivity index (χ3v) is 5.45. The predicted molar refractivity (Wildman–Crippen MR) is 81.9 cm³/mol. The predicted octanol–water partition coefficient (Wildman–Crippen LogP) is 1.12. The molecular formula is C12H16ClNO5S2. The Morgan fingerprint density at radius 3 is 2.57 bits per heavy atom. The van der Waals surface area contributed by atoms with Crippen LogP contribution in [0.15, 0.2) is 23.1 Å². The zero-order valence-electron chi connectivity index (χ0n) is 11.8. The van der Waals surface area contributed by atoms with Gasteiger partial charge in [-0.25, -0.2) is 8.42 Å². The Kier molecular flexibility index (Phi) is 6.18. The van der Waals surface area contributed by atoms with Gasteiger partial charge >= 0.3 is 0 Å². The Morgan fingerprint density at radius 2 is 2.10 bits per heavy atom. The van der Waals surface area contributed by atoms with Crippen LogP contribution in [0.1, 0.15) is 17.3 Å². The minimum atomic E-state index is -4.03. The van der Waals surface area contributed by atoms with Gasteiger partial charge in [-0.05, 0) is 25.1 Å². The lowest BCUT2D eigenvalue weighted by molar-refractivity contribution is 0.0954. The second-order valence-corrected chi connectivity index (χ2v) is 8.66. The van der Waals surface area contributed by atoms with Crippen LogP contribution in [-0.2, 0) is 19.9 Å². The molecule has 0 radical (unpaired) electrons. The summed E-state index contributed by atoms with van der Waals surface area (Å²) >= 11 is 0. The number of benzene rings is 1. The first-order valence-corrected chi connectivity index (χ1v) is 9.83. The number of nitrogens with one attached hydrogen (secondary N) is 1. The van der Waals surface area contributed by atoms with E-state index >= 15 is 0 Å². The molecule has 21 heavy (non-hydrogen) atoms. The summed E-state index contributed by atoms with van der Waals surface area (Å²) in [7, 11) is 1.53. The molecule has 0 aromatic heterocycles. The lowest BCUT2D eigenvalue weighted by Gasteiger charge is -2.11. The number of rotatable bonds is 6. The molecule has 2 unspecified atom stereocenters. The molecule has 1 N–H and O–H groups in total. The van der Waals surface area contributed by atoms with Crippen LogP contribution in [0.25, 0.3) is 0 Å². The van der Waals surface area contributed by atoms with Gasteiger partial charge in [0.2, 0.25) is 0 Å². The minimum Gasteiger partial charge on any atom is -0.495 e. The van der Waals surface area contributed by atoms with Crippen LogP contribution in [0.2, 0.25) is 0 Å². The topological polar surface area (TPSA) is 89.5 Å². The average molecular weight is 354 g/mol. The van der Waals surface area contributed by atoms with E-state index in [1.165, 1.54) is 19.2 Å². The van der Waals surface area contributed by atoms with Crippen molar-refractivity contribution in [2.24, 2.45) is 0 Å². The molecule has 0 saturated heterocycles. The minimum absolute atomic E-state index is 0.0598. The standard InChI is InChI=1S/C12H16ClNO5S2/c1-8(20(3)16)7-14-12(15)9-4-5-10(19-2)11(6-9)21(13,17)18/h4-6,8H,7H2,1-3H3,(H,14,15). The van der Waals surface area contributed by atoms with Crippen LogP contribution < -0.4 is 10.1 Å². The molecule has 6 nitrogen and oxygen atoms in total. The number of ether oxygens (including phenoxy) is 1. The Balaban J connectivity index is 2.99. The summed E-state index contributed by atoms with van der Waals surface area (Å²) in [4.78, 5) is 11.7. The fourth-order valence-electron chi connectivity index (χ4n) is 1.46. The molecule has 0 aliphatic rings. The molecule has 2 atom stereocenters. The van der Waals surface area contributed by atoms with Crippen molar-refractivity contribution in [1.29, 1.82) is 0 Å². The maximum absolute atomic E-state index is 12.0.